The molecule has 0 aliphatic carbocycles. The molecule has 1 aromatic carbocycles. The SMILES string of the molecule is COc1ccc(Cl)cc1NC(=O)c1cc(C(=O)N2CCCCCC2)ccn1. The number of hydrogen-bond acceptors (Lipinski definition) is 4. The minimum Gasteiger partial charge on any atom is -0.495 e. The smallest absolute Gasteiger partial charge is 0.274 e. The van der Waals surface area contributed by atoms with E-state index in [2.05, 4.69) is 10.3 Å². The van der Waals surface area contributed by atoms with E-state index in [0.29, 0.717) is 22.0 Å². The monoisotopic (exact) mass is 387 g/mol. The third kappa shape index (κ3) is 4.77. The molecule has 1 aliphatic rings. The molecule has 2 amide bonds. The van der Waals surface area contributed by atoms with Gasteiger partial charge >= 0.3 is 0 Å². The number of benzene rings is 1. The van der Waals surface area contributed by atoms with E-state index in [1.54, 1.807) is 24.3 Å². The first-order chi connectivity index (χ1) is 13.1. The Morgan fingerprint density at radius 3 is 2.56 bits per heavy atom. The van der Waals surface area contributed by atoms with E-state index in [1.807, 2.05) is 4.90 Å². The number of ether oxygens (including phenoxy) is 1. The van der Waals surface area contributed by atoms with Gasteiger partial charge in [0.05, 0.1) is 12.8 Å². The quantitative estimate of drug-likeness (QED) is 0.860. The van der Waals surface area contributed by atoms with Gasteiger partial charge in [0.1, 0.15) is 11.4 Å². The molecule has 1 N–H and O–H groups in total. The first-order valence-electron chi connectivity index (χ1n) is 8.98. The molecule has 142 valence electrons. The Bertz CT molecular complexity index is 833. The van der Waals surface area contributed by atoms with Crippen LogP contribution in [0.4, 0.5) is 5.69 Å². The standard InChI is InChI=1S/C20H22ClN3O3/c1-27-18-7-6-15(21)13-16(18)23-19(25)17-12-14(8-9-22-17)20(26)24-10-4-2-3-5-11-24/h6-9,12-13H,2-5,10-11H2,1H3,(H,23,25). The van der Waals surface area contributed by atoms with Crippen LogP contribution in [0.2, 0.25) is 5.02 Å². The number of aromatic nitrogens is 1. The zero-order valence-electron chi connectivity index (χ0n) is 15.2. The number of likely N-dealkylation sites (tertiary alicyclic amines) is 1. The van der Waals surface area contributed by atoms with Crippen molar-refractivity contribution in [1.82, 2.24) is 9.88 Å². The zero-order chi connectivity index (χ0) is 19.2. The number of carbonyl (C=O) groups excluding carboxylic acids is 2. The number of nitrogens with zero attached hydrogens (tertiary/aromatic N) is 2. The van der Waals surface area contributed by atoms with Crippen LogP contribution in [0.3, 0.4) is 0 Å². The number of rotatable bonds is 4. The maximum atomic E-state index is 12.8. The lowest BCUT2D eigenvalue weighted by atomic mass is 10.2. The molecule has 0 radical (unpaired) electrons. The van der Waals surface area contributed by atoms with Crippen LogP contribution in [0.5, 0.6) is 5.75 Å². The van der Waals surface area contributed by atoms with Gasteiger partial charge in [-0.05, 0) is 43.2 Å². The molecule has 6 nitrogen and oxygen atoms in total. The third-order valence-corrected chi connectivity index (χ3v) is 4.78. The van der Waals surface area contributed by atoms with Gasteiger partial charge in [0.2, 0.25) is 0 Å². The van der Waals surface area contributed by atoms with Crippen LogP contribution in [0.15, 0.2) is 36.5 Å². The lowest BCUT2D eigenvalue weighted by molar-refractivity contribution is 0.0761. The number of methoxy groups -OCH3 is 1. The summed E-state index contributed by atoms with van der Waals surface area (Å²) in [4.78, 5) is 31.3. The summed E-state index contributed by atoms with van der Waals surface area (Å²) in [6.45, 7) is 1.50. The Hall–Kier alpha value is -2.60. The number of carbonyl (C=O) groups is 2. The summed E-state index contributed by atoms with van der Waals surface area (Å²) in [5.41, 5.74) is 1.08. The van der Waals surface area contributed by atoms with E-state index in [1.165, 1.54) is 19.4 Å². The fourth-order valence-electron chi connectivity index (χ4n) is 3.11. The van der Waals surface area contributed by atoms with Crippen LogP contribution in [0.1, 0.15) is 46.5 Å². The summed E-state index contributed by atoms with van der Waals surface area (Å²) < 4.78 is 5.24. The summed E-state index contributed by atoms with van der Waals surface area (Å²) in [6, 6.07) is 8.12. The van der Waals surface area contributed by atoms with Gasteiger partial charge in [0, 0.05) is 29.9 Å². The van der Waals surface area contributed by atoms with Crippen molar-refractivity contribution < 1.29 is 14.3 Å². The first kappa shape index (κ1) is 19.2. The molecule has 1 saturated heterocycles. The molecule has 0 saturated carbocycles. The van der Waals surface area contributed by atoms with Crippen LogP contribution in [0.25, 0.3) is 0 Å². The van der Waals surface area contributed by atoms with Gasteiger partial charge in [-0.3, -0.25) is 14.6 Å². The molecule has 0 unspecified atom stereocenters. The van der Waals surface area contributed by atoms with Gasteiger partial charge in [-0.25, -0.2) is 0 Å². The molecule has 0 bridgehead atoms. The van der Waals surface area contributed by atoms with Crippen molar-refractivity contribution in [2.45, 2.75) is 25.7 Å². The summed E-state index contributed by atoms with van der Waals surface area (Å²) >= 11 is 6.00. The largest absolute Gasteiger partial charge is 0.495 e. The van der Waals surface area contributed by atoms with Crippen LogP contribution in [-0.4, -0.2) is 41.9 Å². The van der Waals surface area contributed by atoms with Crippen molar-refractivity contribution in [3.05, 3.63) is 52.8 Å². The lowest BCUT2D eigenvalue weighted by Gasteiger charge is -2.20. The summed E-state index contributed by atoms with van der Waals surface area (Å²) in [5.74, 6) is -0.000633. The zero-order valence-corrected chi connectivity index (χ0v) is 16.0. The minimum atomic E-state index is -0.430. The van der Waals surface area contributed by atoms with Crippen molar-refractivity contribution in [2.75, 3.05) is 25.5 Å². The molecule has 2 heterocycles. The Balaban J connectivity index is 1.77. The second kappa shape index (κ2) is 8.86. The van der Waals surface area contributed by atoms with Crippen LogP contribution in [0, 0.1) is 0 Å². The van der Waals surface area contributed by atoms with Crippen LogP contribution in [-0.2, 0) is 0 Å². The molecule has 1 fully saturated rings. The second-order valence-corrected chi connectivity index (χ2v) is 6.87. The molecular weight excluding hydrogens is 366 g/mol. The fourth-order valence-corrected chi connectivity index (χ4v) is 3.28. The normalized spacial score (nSPS) is 14.4. The number of hydrogen-bond donors (Lipinski definition) is 1. The van der Waals surface area contributed by atoms with Gasteiger partial charge in [-0.1, -0.05) is 24.4 Å². The Morgan fingerprint density at radius 2 is 1.85 bits per heavy atom. The summed E-state index contributed by atoms with van der Waals surface area (Å²) in [5, 5.41) is 3.21. The third-order valence-electron chi connectivity index (χ3n) is 4.54. The van der Waals surface area contributed by atoms with E-state index in [-0.39, 0.29) is 11.6 Å². The van der Waals surface area contributed by atoms with Crippen molar-refractivity contribution in [3.63, 3.8) is 0 Å². The topological polar surface area (TPSA) is 71.5 Å². The molecule has 0 atom stereocenters. The Labute approximate surface area is 163 Å². The summed E-state index contributed by atoms with van der Waals surface area (Å²) in [7, 11) is 1.51. The Morgan fingerprint density at radius 1 is 1.11 bits per heavy atom. The number of halogens is 1. The molecule has 0 spiro atoms. The lowest BCUT2D eigenvalue weighted by Crippen LogP contribution is -2.32. The van der Waals surface area contributed by atoms with Crippen LogP contribution < -0.4 is 10.1 Å². The van der Waals surface area contributed by atoms with Crippen molar-refractivity contribution >= 4 is 29.1 Å². The number of amides is 2. The number of anilines is 1. The van der Waals surface area contributed by atoms with Crippen LogP contribution >= 0.6 is 11.6 Å². The van der Waals surface area contributed by atoms with E-state index in [9.17, 15) is 9.59 Å². The highest BCUT2D eigenvalue weighted by Crippen LogP contribution is 2.28. The maximum Gasteiger partial charge on any atom is 0.274 e. The van der Waals surface area contributed by atoms with E-state index in [0.717, 1.165) is 38.8 Å². The molecule has 3 rings (SSSR count). The molecule has 2 aromatic rings. The average Bonchev–Trinajstić information content (AvgIpc) is 2.97. The van der Waals surface area contributed by atoms with Gasteiger partial charge < -0.3 is 15.0 Å². The summed E-state index contributed by atoms with van der Waals surface area (Å²) in [6.07, 6.45) is 5.80. The van der Waals surface area contributed by atoms with Gasteiger partial charge in [-0.15, -0.1) is 0 Å². The van der Waals surface area contributed by atoms with Crippen molar-refractivity contribution in [1.29, 1.82) is 0 Å². The fraction of sp³-hybridized carbons (Fsp3) is 0.350. The highest BCUT2D eigenvalue weighted by molar-refractivity contribution is 6.31. The Kier molecular flexibility index (Phi) is 6.29. The highest BCUT2D eigenvalue weighted by atomic mass is 35.5. The number of pyridine rings is 1. The molecule has 7 heteroatoms. The molecule has 1 aliphatic heterocycles. The first-order valence-corrected chi connectivity index (χ1v) is 9.36. The molecule has 1 aromatic heterocycles. The van der Waals surface area contributed by atoms with E-state index in [4.69, 9.17) is 16.3 Å². The molecule has 27 heavy (non-hydrogen) atoms. The predicted octanol–water partition coefficient (Wildman–Crippen LogP) is 4.01. The maximum absolute atomic E-state index is 12.8. The number of nitrogens with one attached hydrogen (secondary N) is 1. The highest BCUT2D eigenvalue weighted by Gasteiger charge is 2.19. The van der Waals surface area contributed by atoms with Gasteiger partial charge in [0.15, 0.2) is 0 Å². The average molecular weight is 388 g/mol. The van der Waals surface area contributed by atoms with Crippen molar-refractivity contribution in [2.24, 2.45) is 0 Å². The van der Waals surface area contributed by atoms with E-state index >= 15 is 0 Å². The van der Waals surface area contributed by atoms with Gasteiger partial charge in [-0.2, -0.15) is 0 Å². The minimum absolute atomic E-state index is 0.0614. The van der Waals surface area contributed by atoms with Crippen molar-refractivity contribution in [3.8, 4) is 5.75 Å². The second-order valence-electron chi connectivity index (χ2n) is 6.43. The van der Waals surface area contributed by atoms with E-state index < -0.39 is 5.91 Å². The predicted molar refractivity (Wildman–Crippen MR) is 105 cm³/mol. The van der Waals surface area contributed by atoms with Gasteiger partial charge in [0.25, 0.3) is 11.8 Å². The molecular formula is C20H22ClN3O3.